The van der Waals surface area contributed by atoms with Crippen molar-refractivity contribution in [3.8, 4) is 11.5 Å². The Balaban J connectivity index is 1.73. The normalized spacial score (nSPS) is 11.1. The summed E-state index contributed by atoms with van der Waals surface area (Å²) < 4.78 is 39.0. The van der Waals surface area contributed by atoms with E-state index in [0.717, 1.165) is 26.7 Å². The first-order valence-corrected chi connectivity index (χ1v) is 12.3. The van der Waals surface area contributed by atoms with Gasteiger partial charge in [-0.3, -0.25) is 9.10 Å². The van der Waals surface area contributed by atoms with E-state index in [0.29, 0.717) is 11.4 Å². The third-order valence-corrected chi connectivity index (χ3v) is 7.04. The Hall–Kier alpha value is -3.52. The van der Waals surface area contributed by atoms with Crippen LogP contribution in [-0.4, -0.2) is 41.1 Å². The maximum absolute atomic E-state index is 13.4. The summed E-state index contributed by atoms with van der Waals surface area (Å²) in [7, 11) is -2.49. The van der Waals surface area contributed by atoms with E-state index in [1.165, 1.54) is 19.2 Å². The topological polar surface area (TPSA) is 84.9 Å². The lowest BCUT2D eigenvalue weighted by Crippen LogP contribution is -2.42. The van der Waals surface area contributed by atoms with Crippen molar-refractivity contribution >= 4 is 21.6 Å². The first-order chi connectivity index (χ1) is 16.2. The number of nitrogens with zero attached hydrogens (tertiary/aromatic N) is 1. The lowest BCUT2D eigenvalue weighted by molar-refractivity contribution is -0.119. The molecule has 0 aliphatic carbocycles. The van der Waals surface area contributed by atoms with Crippen molar-refractivity contribution in [1.29, 1.82) is 0 Å². The molecule has 34 heavy (non-hydrogen) atoms. The molecule has 0 bridgehead atoms. The molecule has 0 aliphatic rings. The van der Waals surface area contributed by atoms with E-state index in [2.05, 4.69) is 5.32 Å². The number of rotatable bonds is 10. The van der Waals surface area contributed by atoms with Crippen molar-refractivity contribution in [3.63, 3.8) is 0 Å². The molecule has 0 heterocycles. The van der Waals surface area contributed by atoms with Crippen LogP contribution >= 0.6 is 0 Å². The molecule has 0 spiro atoms. The third-order valence-electron chi connectivity index (χ3n) is 5.25. The second-order valence-electron chi connectivity index (χ2n) is 7.99. The van der Waals surface area contributed by atoms with Crippen LogP contribution in [0.5, 0.6) is 11.5 Å². The van der Waals surface area contributed by atoms with Gasteiger partial charge >= 0.3 is 0 Å². The first-order valence-electron chi connectivity index (χ1n) is 10.9. The Labute approximate surface area is 201 Å². The number of carbonyl (C=O) groups excluding carboxylic acids is 1. The first kappa shape index (κ1) is 25.1. The van der Waals surface area contributed by atoms with Crippen LogP contribution in [0, 0.1) is 20.8 Å². The largest absolute Gasteiger partial charge is 0.497 e. The van der Waals surface area contributed by atoms with Crippen molar-refractivity contribution in [2.24, 2.45) is 0 Å². The van der Waals surface area contributed by atoms with Crippen LogP contribution in [0.4, 0.5) is 5.69 Å². The molecule has 3 rings (SSSR count). The van der Waals surface area contributed by atoms with Gasteiger partial charge in [0.05, 0.1) is 24.2 Å². The molecule has 1 N–H and O–H groups in total. The van der Waals surface area contributed by atoms with E-state index in [4.69, 9.17) is 9.47 Å². The van der Waals surface area contributed by atoms with Gasteiger partial charge in [0.2, 0.25) is 5.91 Å². The molecule has 3 aromatic carbocycles. The van der Waals surface area contributed by atoms with E-state index in [9.17, 15) is 13.2 Å². The number of anilines is 1. The minimum atomic E-state index is -3.99. The number of hydrogen-bond acceptors (Lipinski definition) is 5. The molecule has 0 aliphatic heterocycles. The summed E-state index contributed by atoms with van der Waals surface area (Å²) in [6.45, 7) is 5.97. The summed E-state index contributed by atoms with van der Waals surface area (Å²) in [5, 5.41) is 2.74. The minimum Gasteiger partial charge on any atom is -0.497 e. The van der Waals surface area contributed by atoms with Crippen molar-refractivity contribution in [3.05, 3.63) is 83.4 Å². The molecular formula is C26H30N2O5S. The van der Waals surface area contributed by atoms with Crippen LogP contribution in [0.3, 0.4) is 0 Å². The number of nitrogens with one attached hydrogen (secondary N) is 1. The highest BCUT2D eigenvalue weighted by Gasteiger charge is 2.27. The fraction of sp³-hybridized carbons (Fsp3) is 0.269. The number of sulfonamides is 1. The summed E-state index contributed by atoms with van der Waals surface area (Å²) in [5.74, 6) is 0.798. The number of aryl methyl sites for hydroxylation is 3. The van der Waals surface area contributed by atoms with E-state index in [1.807, 2.05) is 39.0 Å². The molecule has 0 saturated carbocycles. The van der Waals surface area contributed by atoms with E-state index in [-0.39, 0.29) is 24.6 Å². The molecule has 0 unspecified atom stereocenters. The molecule has 3 aromatic rings. The van der Waals surface area contributed by atoms with Crippen LogP contribution in [0.1, 0.15) is 16.7 Å². The van der Waals surface area contributed by atoms with Crippen LogP contribution in [0.15, 0.2) is 71.6 Å². The summed E-state index contributed by atoms with van der Waals surface area (Å²) in [6.07, 6.45) is 0. The van der Waals surface area contributed by atoms with Crippen molar-refractivity contribution < 1.29 is 22.7 Å². The molecule has 1 amide bonds. The van der Waals surface area contributed by atoms with Gasteiger partial charge in [0, 0.05) is 6.07 Å². The number of hydrogen-bond donors (Lipinski definition) is 1. The van der Waals surface area contributed by atoms with Gasteiger partial charge in [0.1, 0.15) is 24.7 Å². The lowest BCUT2D eigenvalue weighted by atomic mass is 10.1. The maximum Gasteiger partial charge on any atom is 0.264 e. The highest BCUT2D eigenvalue weighted by molar-refractivity contribution is 7.92. The van der Waals surface area contributed by atoms with Crippen molar-refractivity contribution in [2.45, 2.75) is 25.7 Å². The molecule has 180 valence electrons. The predicted molar refractivity (Wildman–Crippen MR) is 133 cm³/mol. The van der Waals surface area contributed by atoms with Gasteiger partial charge in [-0.25, -0.2) is 8.42 Å². The van der Waals surface area contributed by atoms with Crippen molar-refractivity contribution in [2.75, 3.05) is 31.1 Å². The number of benzene rings is 3. The maximum atomic E-state index is 13.4. The quantitative estimate of drug-likeness (QED) is 0.442. The van der Waals surface area contributed by atoms with E-state index in [1.54, 1.807) is 36.4 Å². The molecule has 0 saturated heterocycles. The van der Waals surface area contributed by atoms with Gasteiger partial charge in [-0.15, -0.1) is 0 Å². The average Bonchev–Trinajstić information content (AvgIpc) is 2.81. The summed E-state index contributed by atoms with van der Waals surface area (Å²) >= 11 is 0. The van der Waals surface area contributed by atoms with Gasteiger partial charge in [0.25, 0.3) is 10.0 Å². The van der Waals surface area contributed by atoms with E-state index >= 15 is 0 Å². The number of methoxy groups -OCH3 is 1. The Morgan fingerprint density at radius 3 is 2.32 bits per heavy atom. The highest BCUT2D eigenvalue weighted by atomic mass is 32.2. The Morgan fingerprint density at radius 1 is 0.941 bits per heavy atom. The standard InChI is InChI=1S/C26H30N2O5S/c1-19-8-11-24(12-9-19)34(30,31)28(22-6-5-7-23(17-22)32-4)18-26(29)27-14-15-33-25-13-10-20(2)16-21(25)3/h5-13,16-17H,14-15,18H2,1-4H3,(H,27,29). The van der Waals surface area contributed by atoms with Gasteiger partial charge in [-0.2, -0.15) is 0 Å². The number of carbonyl (C=O) groups is 1. The molecule has 0 atom stereocenters. The smallest absolute Gasteiger partial charge is 0.264 e. The summed E-state index contributed by atoms with van der Waals surface area (Å²) in [6, 6.07) is 19.0. The Morgan fingerprint density at radius 2 is 1.65 bits per heavy atom. The molecule has 7 nitrogen and oxygen atoms in total. The SMILES string of the molecule is COc1cccc(N(CC(=O)NCCOc2ccc(C)cc2C)S(=O)(=O)c2ccc(C)cc2)c1. The van der Waals surface area contributed by atoms with Gasteiger partial charge in [-0.05, 0) is 56.7 Å². The lowest BCUT2D eigenvalue weighted by Gasteiger charge is -2.24. The molecule has 0 fully saturated rings. The average molecular weight is 483 g/mol. The molecule has 0 radical (unpaired) electrons. The van der Waals surface area contributed by atoms with Gasteiger partial charge in [-0.1, -0.05) is 41.5 Å². The Bertz CT molecular complexity index is 1240. The van der Waals surface area contributed by atoms with Gasteiger partial charge < -0.3 is 14.8 Å². The Kier molecular flexibility index (Phi) is 8.17. The molecule has 0 aromatic heterocycles. The zero-order valence-electron chi connectivity index (χ0n) is 19.9. The second kappa shape index (κ2) is 11.1. The van der Waals surface area contributed by atoms with Crippen LogP contribution in [0.2, 0.25) is 0 Å². The molecule has 8 heteroatoms. The fourth-order valence-corrected chi connectivity index (χ4v) is 4.83. The predicted octanol–water partition coefficient (Wildman–Crippen LogP) is 4.01. The number of amides is 1. The van der Waals surface area contributed by atoms with Gasteiger partial charge in [0.15, 0.2) is 0 Å². The second-order valence-corrected chi connectivity index (χ2v) is 9.86. The fourth-order valence-electron chi connectivity index (χ4n) is 3.42. The third kappa shape index (κ3) is 6.29. The van der Waals surface area contributed by atoms with Crippen LogP contribution in [0.25, 0.3) is 0 Å². The minimum absolute atomic E-state index is 0.104. The van der Waals surface area contributed by atoms with E-state index < -0.39 is 15.9 Å². The highest BCUT2D eigenvalue weighted by Crippen LogP contribution is 2.27. The van der Waals surface area contributed by atoms with Crippen molar-refractivity contribution in [1.82, 2.24) is 5.32 Å². The van der Waals surface area contributed by atoms with Crippen LogP contribution in [-0.2, 0) is 14.8 Å². The van der Waals surface area contributed by atoms with Crippen LogP contribution < -0.4 is 19.1 Å². The monoisotopic (exact) mass is 482 g/mol. The number of ether oxygens (including phenoxy) is 2. The summed E-state index contributed by atoms with van der Waals surface area (Å²) in [4.78, 5) is 12.8. The molecular weight excluding hydrogens is 452 g/mol. The zero-order valence-corrected chi connectivity index (χ0v) is 20.7. The summed E-state index contributed by atoms with van der Waals surface area (Å²) in [5.41, 5.74) is 3.43. The zero-order chi connectivity index (χ0) is 24.7.